The number of alkyl carbamates (subject to hydrolysis) is 1. The highest BCUT2D eigenvalue weighted by Gasteiger charge is 2.60. The molecule has 3 N–H and O–H groups in total. The number of rotatable bonds is 6. The lowest BCUT2D eigenvalue weighted by Gasteiger charge is -2.59. The van der Waals surface area contributed by atoms with Crippen LogP contribution >= 0.6 is 0 Å². The number of hydrogen-bond donors (Lipinski definition) is 3. The molecule has 48 heavy (non-hydrogen) atoms. The molecule has 4 radical (unpaired) electrons. The topological polar surface area (TPSA) is 153 Å². The predicted octanol–water partition coefficient (Wildman–Crippen LogP) is 3.77. The van der Waals surface area contributed by atoms with E-state index in [4.69, 9.17) is 35.1 Å². The summed E-state index contributed by atoms with van der Waals surface area (Å²) in [6, 6.07) is 7.03. The number of halogens is 2. The summed E-state index contributed by atoms with van der Waals surface area (Å²) >= 11 is 0. The molecule has 0 spiro atoms. The van der Waals surface area contributed by atoms with E-state index in [0.717, 1.165) is 0 Å². The first kappa shape index (κ1) is 32.0. The van der Waals surface area contributed by atoms with E-state index in [0.29, 0.717) is 40.2 Å². The maximum Gasteiger partial charge on any atom is 0.408 e. The fraction of sp³-hybridized carbons (Fsp3) is 0.438. The van der Waals surface area contributed by atoms with Crippen molar-refractivity contribution in [3.63, 3.8) is 0 Å². The summed E-state index contributed by atoms with van der Waals surface area (Å²) in [5.41, 5.74) is -0.146. The van der Waals surface area contributed by atoms with Gasteiger partial charge in [-0.3, -0.25) is 4.79 Å². The highest BCUT2D eigenvalue weighted by Crippen LogP contribution is 2.57. The normalized spacial score (nSPS) is 24.7. The molecule has 1 aliphatic carbocycles. The van der Waals surface area contributed by atoms with Gasteiger partial charge in [-0.2, -0.15) is 8.78 Å². The fourth-order valence-electron chi connectivity index (χ4n) is 7.10. The maximum atomic E-state index is 13.4. The molecule has 3 aliphatic rings. The fourth-order valence-corrected chi connectivity index (χ4v) is 7.10. The van der Waals surface area contributed by atoms with E-state index < -0.39 is 52.7 Å². The van der Waals surface area contributed by atoms with Crippen molar-refractivity contribution in [3.05, 3.63) is 65.5 Å². The second-order valence-corrected chi connectivity index (χ2v) is 14.0. The molecular weight excluding hydrogens is 622 g/mol. The van der Waals surface area contributed by atoms with Gasteiger partial charge in [-0.1, -0.05) is 13.0 Å². The van der Waals surface area contributed by atoms with Gasteiger partial charge in [0.2, 0.25) is 0 Å². The Kier molecular flexibility index (Phi) is 7.13. The van der Waals surface area contributed by atoms with Crippen molar-refractivity contribution < 1.29 is 33.0 Å². The van der Waals surface area contributed by atoms with Crippen molar-refractivity contribution in [2.75, 3.05) is 0 Å². The number of pyridine rings is 1. The van der Waals surface area contributed by atoms with Gasteiger partial charge >= 0.3 is 12.7 Å². The van der Waals surface area contributed by atoms with E-state index >= 15 is 0 Å². The second-order valence-electron chi connectivity index (χ2n) is 14.0. The highest BCUT2D eigenvalue weighted by molar-refractivity contribution is 6.39. The Bertz CT molecular complexity index is 1950. The van der Waals surface area contributed by atoms with Crippen molar-refractivity contribution in [2.24, 2.45) is 5.41 Å². The van der Waals surface area contributed by atoms with Crippen LogP contribution in [0.1, 0.15) is 86.6 Å². The van der Waals surface area contributed by atoms with Crippen molar-refractivity contribution in [3.8, 4) is 17.0 Å². The quantitative estimate of drug-likeness (QED) is 0.264. The van der Waals surface area contributed by atoms with Gasteiger partial charge in [0.05, 0.1) is 33.5 Å². The molecule has 0 saturated heterocycles. The lowest BCUT2D eigenvalue weighted by atomic mass is 9.40. The molecule has 2 aliphatic heterocycles. The van der Waals surface area contributed by atoms with Crippen molar-refractivity contribution in [2.45, 2.75) is 82.2 Å². The van der Waals surface area contributed by atoms with E-state index in [1.807, 2.05) is 4.57 Å². The first-order valence-electron chi connectivity index (χ1n) is 15.4. The molecule has 12 nitrogen and oxygen atoms in total. The number of amides is 2. The number of imidazole rings is 1. The van der Waals surface area contributed by atoms with E-state index in [1.54, 1.807) is 58.3 Å². The van der Waals surface area contributed by atoms with Crippen LogP contribution in [-0.2, 0) is 10.3 Å². The Labute approximate surface area is 276 Å². The molecule has 244 valence electrons. The minimum absolute atomic E-state index is 0.0816. The van der Waals surface area contributed by atoms with Crippen LogP contribution in [-0.4, -0.2) is 74.9 Å². The molecule has 3 aromatic heterocycles. The number of carbonyl (C=O) groups excluding carboxylic acids is 2. The number of ether oxygens (including phenoxy) is 2. The Morgan fingerprint density at radius 1 is 1.15 bits per heavy atom. The molecule has 7 rings (SSSR count). The molecule has 4 aromatic rings. The Hall–Kier alpha value is -4.59. The third kappa shape index (κ3) is 5.26. The average Bonchev–Trinajstić information content (AvgIpc) is 3.46. The number of aromatic nitrogens is 5. The first-order valence-corrected chi connectivity index (χ1v) is 15.4. The van der Waals surface area contributed by atoms with E-state index in [-0.39, 0.29) is 30.0 Å². The molecule has 2 amide bonds. The Morgan fingerprint density at radius 3 is 2.50 bits per heavy atom. The second kappa shape index (κ2) is 10.7. The van der Waals surface area contributed by atoms with Gasteiger partial charge in [-0.05, 0) is 68.7 Å². The maximum absolute atomic E-state index is 13.4. The molecule has 1 aromatic carbocycles. The summed E-state index contributed by atoms with van der Waals surface area (Å²) in [5.74, 6) is 0.353. The molecule has 5 heterocycles. The molecule has 0 unspecified atom stereocenters. The summed E-state index contributed by atoms with van der Waals surface area (Å²) in [5, 5.41) is 14.2. The average molecular weight is 653 g/mol. The molecular formula is C32H31B2F2N7O5. The van der Waals surface area contributed by atoms with Gasteiger partial charge in [-0.25, -0.2) is 24.7 Å². The van der Waals surface area contributed by atoms with Gasteiger partial charge in [0, 0.05) is 35.5 Å². The van der Waals surface area contributed by atoms with Crippen molar-refractivity contribution >= 4 is 38.9 Å². The number of hydrogen-bond acceptors (Lipinski definition) is 9. The van der Waals surface area contributed by atoms with Gasteiger partial charge in [-0.15, -0.1) is 0 Å². The third-order valence-electron chi connectivity index (χ3n) is 9.28. The number of carbonyl (C=O) groups is 2. The number of alkyl halides is 2. The summed E-state index contributed by atoms with van der Waals surface area (Å²) < 4.78 is 39.0. The monoisotopic (exact) mass is 653 g/mol. The smallest absolute Gasteiger partial charge is 0.408 e. The third-order valence-corrected chi connectivity index (χ3v) is 9.28. The van der Waals surface area contributed by atoms with Crippen molar-refractivity contribution in [1.29, 1.82) is 0 Å². The van der Waals surface area contributed by atoms with Gasteiger partial charge in [0.25, 0.3) is 5.91 Å². The van der Waals surface area contributed by atoms with E-state index in [2.05, 4.69) is 20.6 Å². The largest absolute Gasteiger partial charge is 0.444 e. The van der Waals surface area contributed by atoms with Gasteiger partial charge in [0.1, 0.15) is 28.2 Å². The minimum atomic E-state index is -3.07. The van der Waals surface area contributed by atoms with Crippen LogP contribution in [0.2, 0.25) is 0 Å². The number of fused-ring (bicyclic) bond motifs is 9. The summed E-state index contributed by atoms with van der Waals surface area (Å²) in [4.78, 5) is 44.7. The summed E-state index contributed by atoms with van der Waals surface area (Å²) in [6.45, 7) is 3.87. The molecule has 2 bridgehead atoms. The first-order chi connectivity index (χ1) is 22.5. The molecule has 2 atom stereocenters. The van der Waals surface area contributed by atoms with Crippen molar-refractivity contribution in [1.82, 2.24) is 35.1 Å². The molecule has 1 fully saturated rings. The number of aliphatic hydroxyl groups is 1. The zero-order chi connectivity index (χ0) is 34.4. The number of nitrogens with zero attached hydrogens (tertiary/aromatic N) is 5. The Morgan fingerprint density at radius 2 is 1.85 bits per heavy atom. The van der Waals surface area contributed by atoms with Crippen LogP contribution in [0, 0.1) is 5.41 Å². The standard InChI is InChI=1S/C32H31B2F2N7O5/c1-29(2,3)48-28(45)42-31(13-30(4,14-31)32(33,34)46)26-37-11-15(12-38-26)17-8-9-18-23(39-17)43-20-10-19(24(43)40-18)41-25(44)16-6-5-7-21(22(16)20)47-27(35)36/h5-9,11-12,19-20,27,46H,10,13-14H2,1-4H3,(H,41,44)(H,42,45)/t19-,20-,30?,31?/m0/s1. The molecule has 16 heteroatoms. The highest BCUT2D eigenvalue weighted by atomic mass is 19.3. The van der Waals surface area contributed by atoms with Crippen LogP contribution in [0.3, 0.4) is 0 Å². The lowest BCUT2D eigenvalue weighted by molar-refractivity contribution is -0.0763. The Balaban J connectivity index is 1.24. The lowest BCUT2D eigenvalue weighted by Crippen LogP contribution is -2.67. The van der Waals surface area contributed by atoms with Crippen LogP contribution in [0.25, 0.3) is 22.4 Å². The summed E-state index contributed by atoms with van der Waals surface area (Å²) in [7, 11) is 11.7. The van der Waals surface area contributed by atoms with E-state index in [9.17, 15) is 23.5 Å². The van der Waals surface area contributed by atoms with Crippen LogP contribution < -0.4 is 15.4 Å². The zero-order valence-corrected chi connectivity index (χ0v) is 26.6. The number of nitrogens with one attached hydrogen (secondary N) is 2. The van der Waals surface area contributed by atoms with Crippen LogP contribution in [0.5, 0.6) is 5.75 Å². The summed E-state index contributed by atoms with van der Waals surface area (Å²) in [6.07, 6.45) is 3.12. The SMILES string of the molecule is [B]C([B])(O)C1(C)CC(NC(=O)OC(C)(C)C)(c2ncc(-c3ccc4nc5n(c4n3)[C@H]3C[C@@H]5NC(=O)c4cccc(OC(F)F)c43)cn2)C1. The predicted molar refractivity (Wildman–Crippen MR) is 169 cm³/mol. The van der Waals surface area contributed by atoms with E-state index in [1.165, 1.54) is 12.1 Å². The van der Waals surface area contributed by atoms with Crippen LogP contribution in [0.15, 0.2) is 42.7 Å². The molecule has 1 saturated carbocycles. The van der Waals surface area contributed by atoms with Gasteiger partial charge in [0.15, 0.2) is 11.5 Å². The van der Waals surface area contributed by atoms with Gasteiger partial charge < -0.3 is 29.8 Å². The zero-order valence-electron chi connectivity index (χ0n) is 26.6. The minimum Gasteiger partial charge on any atom is -0.444 e. The number of benzene rings is 1. The van der Waals surface area contributed by atoms with Crippen LogP contribution in [0.4, 0.5) is 13.6 Å².